The minimum absolute atomic E-state index is 0.309. The third-order valence-electron chi connectivity index (χ3n) is 3.17. The van der Waals surface area contributed by atoms with Crippen molar-refractivity contribution < 1.29 is 9.13 Å². The predicted molar refractivity (Wildman–Crippen MR) is 80.8 cm³/mol. The van der Waals surface area contributed by atoms with Gasteiger partial charge in [-0.05, 0) is 43.7 Å². The number of nitriles is 1. The van der Waals surface area contributed by atoms with Crippen LogP contribution in [-0.4, -0.2) is 6.61 Å². The summed E-state index contributed by atoms with van der Waals surface area (Å²) in [5.74, 6) is 0.435. The fourth-order valence-electron chi connectivity index (χ4n) is 2.04. The van der Waals surface area contributed by atoms with E-state index in [4.69, 9.17) is 10.00 Å². The van der Waals surface area contributed by atoms with Crippen molar-refractivity contribution in [1.82, 2.24) is 0 Å². The van der Waals surface area contributed by atoms with Gasteiger partial charge in [-0.2, -0.15) is 5.26 Å². The molecule has 0 amide bonds. The lowest BCUT2D eigenvalue weighted by atomic mass is 10.1. The first-order chi connectivity index (χ1) is 10.1. The molecule has 0 aliphatic carbocycles. The maximum absolute atomic E-state index is 13.7. The Kier molecular flexibility index (Phi) is 4.78. The fraction of sp³-hybridized carbons (Fsp3) is 0.235. The molecular weight excluding hydrogens is 267 g/mol. The Morgan fingerprint density at radius 3 is 2.81 bits per heavy atom. The molecule has 0 aliphatic rings. The SMILES string of the molecule is CCOc1cccc(CNc2cc(C#N)cc(F)c2C)c1. The van der Waals surface area contributed by atoms with Gasteiger partial charge in [0.15, 0.2) is 0 Å². The number of hydrogen-bond acceptors (Lipinski definition) is 3. The smallest absolute Gasteiger partial charge is 0.129 e. The van der Waals surface area contributed by atoms with Crippen LogP contribution in [0.4, 0.5) is 10.1 Å². The van der Waals surface area contributed by atoms with E-state index in [1.807, 2.05) is 37.3 Å². The van der Waals surface area contributed by atoms with Crippen molar-refractivity contribution in [1.29, 1.82) is 5.26 Å². The Morgan fingerprint density at radius 1 is 1.29 bits per heavy atom. The van der Waals surface area contributed by atoms with Crippen molar-refractivity contribution in [2.45, 2.75) is 20.4 Å². The van der Waals surface area contributed by atoms with E-state index in [0.29, 0.717) is 30.0 Å². The number of benzene rings is 2. The van der Waals surface area contributed by atoms with Crippen molar-refractivity contribution in [2.75, 3.05) is 11.9 Å². The van der Waals surface area contributed by atoms with Gasteiger partial charge in [-0.1, -0.05) is 12.1 Å². The molecule has 0 radical (unpaired) electrons. The van der Waals surface area contributed by atoms with Crippen LogP contribution in [-0.2, 0) is 6.54 Å². The quantitative estimate of drug-likeness (QED) is 0.902. The third kappa shape index (κ3) is 3.73. The molecule has 2 rings (SSSR count). The minimum Gasteiger partial charge on any atom is -0.494 e. The molecule has 0 bridgehead atoms. The van der Waals surface area contributed by atoms with E-state index in [0.717, 1.165) is 11.3 Å². The Hall–Kier alpha value is -2.54. The lowest BCUT2D eigenvalue weighted by molar-refractivity contribution is 0.340. The van der Waals surface area contributed by atoms with E-state index in [2.05, 4.69) is 5.32 Å². The zero-order valence-corrected chi connectivity index (χ0v) is 12.1. The first-order valence-corrected chi connectivity index (χ1v) is 6.80. The number of rotatable bonds is 5. The standard InChI is InChI=1S/C17H17FN2O/c1-3-21-15-6-4-5-13(7-15)11-20-17-9-14(10-19)8-16(18)12(17)2/h4-9,20H,3,11H2,1-2H3. The number of halogens is 1. The molecule has 0 atom stereocenters. The minimum atomic E-state index is -0.375. The Morgan fingerprint density at radius 2 is 2.10 bits per heavy atom. The molecule has 1 N–H and O–H groups in total. The van der Waals surface area contributed by atoms with Crippen LogP contribution in [0.5, 0.6) is 5.75 Å². The Bertz CT molecular complexity index is 677. The maximum atomic E-state index is 13.7. The van der Waals surface area contributed by atoms with E-state index < -0.39 is 0 Å². The van der Waals surface area contributed by atoms with Gasteiger partial charge in [0.2, 0.25) is 0 Å². The molecule has 2 aromatic carbocycles. The van der Waals surface area contributed by atoms with Crippen LogP contribution in [0.3, 0.4) is 0 Å². The predicted octanol–water partition coefficient (Wildman–Crippen LogP) is 4.02. The van der Waals surface area contributed by atoms with Gasteiger partial charge >= 0.3 is 0 Å². The highest BCUT2D eigenvalue weighted by molar-refractivity contribution is 5.56. The Labute approximate surface area is 124 Å². The summed E-state index contributed by atoms with van der Waals surface area (Å²) in [5.41, 5.74) is 2.48. The van der Waals surface area contributed by atoms with Crippen molar-refractivity contribution in [3.63, 3.8) is 0 Å². The van der Waals surface area contributed by atoms with E-state index >= 15 is 0 Å². The second-order valence-electron chi connectivity index (χ2n) is 4.68. The molecule has 0 heterocycles. The summed E-state index contributed by atoms with van der Waals surface area (Å²) in [6, 6.07) is 12.6. The molecule has 0 aromatic heterocycles. The highest BCUT2D eigenvalue weighted by atomic mass is 19.1. The van der Waals surface area contributed by atoms with Gasteiger partial charge in [-0.3, -0.25) is 0 Å². The number of nitrogens with zero attached hydrogens (tertiary/aromatic N) is 1. The number of hydrogen-bond donors (Lipinski definition) is 1. The van der Waals surface area contributed by atoms with E-state index in [1.165, 1.54) is 6.07 Å². The molecule has 4 heteroatoms. The topological polar surface area (TPSA) is 45.0 Å². The molecule has 2 aromatic rings. The average Bonchev–Trinajstić information content (AvgIpc) is 2.49. The van der Waals surface area contributed by atoms with E-state index in [9.17, 15) is 4.39 Å². The van der Waals surface area contributed by atoms with Crippen LogP contribution in [0.15, 0.2) is 36.4 Å². The summed E-state index contributed by atoms with van der Waals surface area (Å²) in [4.78, 5) is 0. The van der Waals surface area contributed by atoms with Gasteiger partial charge in [0, 0.05) is 17.8 Å². The summed E-state index contributed by atoms with van der Waals surface area (Å²) in [7, 11) is 0. The summed E-state index contributed by atoms with van der Waals surface area (Å²) < 4.78 is 19.2. The summed E-state index contributed by atoms with van der Waals surface area (Å²) in [6.45, 7) is 4.78. The van der Waals surface area contributed by atoms with Crippen molar-refractivity contribution in [2.24, 2.45) is 0 Å². The zero-order chi connectivity index (χ0) is 15.2. The van der Waals surface area contributed by atoms with Gasteiger partial charge in [0.05, 0.1) is 18.2 Å². The van der Waals surface area contributed by atoms with Crippen LogP contribution in [0.1, 0.15) is 23.6 Å². The van der Waals surface area contributed by atoms with Crippen LogP contribution < -0.4 is 10.1 Å². The summed E-state index contributed by atoms with van der Waals surface area (Å²) in [5, 5.41) is 12.1. The van der Waals surface area contributed by atoms with Crippen LogP contribution in [0.25, 0.3) is 0 Å². The van der Waals surface area contributed by atoms with Gasteiger partial charge in [-0.25, -0.2) is 4.39 Å². The molecule has 3 nitrogen and oxygen atoms in total. The fourth-order valence-corrected chi connectivity index (χ4v) is 2.04. The maximum Gasteiger partial charge on any atom is 0.129 e. The summed E-state index contributed by atoms with van der Waals surface area (Å²) in [6.07, 6.45) is 0. The average molecular weight is 284 g/mol. The molecular formula is C17H17FN2O. The Balaban J connectivity index is 2.15. The number of anilines is 1. The monoisotopic (exact) mass is 284 g/mol. The van der Waals surface area contributed by atoms with Crippen molar-refractivity contribution >= 4 is 5.69 Å². The molecule has 0 saturated heterocycles. The van der Waals surface area contributed by atoms with Gasteiger partial charge in [0.25, 0.3) is 0 Å². The van der Waals surface area contributed by atoms with Crippen LogP contribution in [0, 0.1) is 24.1 Å². The lowest BCUT2D eigenvalue weighted by Gasteiger charge is -2.12. The molecule has 0 saturated carbocycles. The van der Waals surface area contributed by atoms with Crippen LogP contribution >= 0.6 is 0 Å². The summed E-state index contributed by atoms with van der Waals surface area (Å²) >= 11 is 0. The second kappa shape index (κ2) is 6.76. The van der Waals surface area contributed by atoms with Crippen molar-refractivity contribution in [3.05, 3.63) is 58.9 Å². The highest BCUT2D eigenvalue weighted by Crippen LogP contribution is 2.22. The molecule has 108 valence electrons. The van der Waals surface area contributed by atoms with Gasteiger partial charge in [0.1, 0.15) is 11.6 Å². The van der Waals surface area contributed by atoms with Gasteiger partial charge in [-0.15, -0.1) is 0 Å². The largest absolute Gasteiger partial charge is 0.494 e. The normalized spacial score (nSPS) is 10.0. The first-order valence-electron chi connectivity index (χ1n) is 6.80. The lowest BCUT2D eigenvalue weighted by Crippen LogP contribution is -2.03. The number of ether oxygens (including phenoxy) is 1. The van der Waals surface area contributed by atoms with E-state index in [1.54, 1.807) is 13.0 Å². The first kappa shape index (κ1) is 14.9. The zero-order valence-electron chi connectivity index (χ0n) is 12.1. The van der Waals surface area contributed by atoms with E-state index in [-0.39, 0.29) is 5.82 Å². The molecule has 0 unspecified atom stereocenters. The third-order valence-corrected chi connectivity index (χ3v) is 3.17. The molecule has 0 spiro atoms. The molecule has 0 fully saturated rings. The molecule has 21 heavy (non-hydrogen) atoms. The second-order valence-corrected chi connectivity index (χ2v) is 4.68. The van der Waals surface area contributed by atoms with Crippen LogP contribution in [0.2, 0.25) is 0 Å². The highest BCUT2D eigenvalue weighted by Gasteiger charge is 2.07. The van der Waals surface area contributed by atoms with Gasteiger partial charge < -0.3 is 10.1 Å². The number of nitrogens with one attached hydrogen (secondary N) is 1. The molecule has 0 aliphatic heterocycles. The van der Waals surface area contributed by atoms with Crippen molar-refractivity contribution in [3.8, 4) is 11.8 Å².